The van der Waals surface area contributed by atoms with Gasteiger partial charge in [0.1, 0.15) is 0 Å². The highest BCUT2D eigenvalue weighted by atomic mass is 16.2. The van der Waals surface area contributed by atoms with E-state index >= 15 is 0 Å². The Hall–Kier alpha value is -2.67. The van der Waals surface area contributed by atoms with Crippen LogP contribution in [0.3, 0.4) is 0 Å². The van der Waals surface area contributed by atoms with Gasteiger partial charge < -0.3 is 10.6 Å². The molecule has 1 atom stereocenters. The fourth-order valence-corrected chi connectivity index (χ4v) is 2.40. The molecule has 0 radical (unpaired) electrons. The van der Waals surface area contributed by atoms with Gasteiger partial charge in [-0.05, 0) is 44.9 Å². The first-order valence-corrected chi connectivity index (χ1v) is 8.65. The number of nitrogens with zero attached hydrogens (tertiary/aromatic N) is 2. The van der Waals surface area contributed by atoms with Crippen LogP contribution >= 0.6 is 0 Å². The number of hydrogen-bond donors (Lipinski definition) is 3. The minimum atomic E-state index is -0.501. The van der Waals surface area contributed by atoms with Crippen molar-refractivity contribution in [2.75, 3.05) is 0 Å². The highest BCUT2D eigenvalue weighted by Crippen LogP contribution is 2.10. The summed E-state index contributed by atoms with van der Waals surface area (Å²) in [4.78, 5) is 24.0. The number of imide groups is 1. The molecule has 140 valence electrons. The molecular formula is C19H27N5O2. The van der Waals surface area contributed by atoms with E-state index in [1.54, 1.807) is 13.1 Å². The number of urea groups is 1. The number of carbonyl (C=O) groups is 2. The summed E-state index contributed by atoms with van der Waals surface area (Å²) in [5.74, 6) is -0.365. The minimum absolute atomic E-state index is 0.365. The third-order valence-electron chi connectivity index (χ3n) is 3.73. The van der Waals surface area contributed by atoms with Crippen LogP contribution in [-0.4, -0.2) is 33.3 Å². The van der Waals surface area contributed by atoms with Gasteiger partial charge in [0, 0.05) is 24.5 Å². The SMILES string of the molecule is CC(NCc1ccccc1Cn1cccn1)C(=O)NC(=O)NC(C)(C)C. The monoisotopic (exact) mass is 357 g/mol. The van der Waals surface area contributed by atoms with Gasteiger partial charge >= 0.3 is 6.03 Å². The van der Waals surface area contributed by atoms with Crippen LogP contribution in [0.5, 0.6) is 0 Å². The number of aromatic nitrogens is 2. The molecule has 0 aliphatic rings. The summed E-state index contributed by atoms with van der Waals surface area (Å²) in [6.07, 6.45) is 3.66. The molecule has 1 unspecified atom stereocenters. The van der Waals surface area contributed by atoms with E-state index in [1.165, 1.54) is 0 Å². The maximum absolute atomic E-state index is 12.2. The summed E-state index contributed by atoms with van der Waals surface area (Å²) in [6, 6.07) is 8.90. The van der Waals surface area contributed by atoms with Crippen molar-refractivity contribution >= 4 is 11.9 Å². The van der Waals surface area contributed by atoms with Crippen molar-refractivity contribution in [3.63, 3.8) is 0 Å². The second kappa shape index (κ2) is 8.62. The molecule has 0 fully saturated rings. The molecule has 0 saturated heterocycles. The molecule has 0 aliphatic heterocycles. The van der Waals surface area contributed by atoms with Gasteiger partial charge in [-0.2, -0.15) is 5.10 Å². The summed E-state index contributed by atoms with van der Waals surface area (Å²) in [5.41, 5.74) is 1.82. The van der Waals surface area contributed by atoms with Crippen molar-refractivity contribution in [3.8, 4) is 0 Å². The fraction of sp³-hybridized carbons (Fsp3) is 0.421. The van der Waals surface area contributed by atoms with Crippen molar-refractivity contribution in [2.45, 2.75) is 52.4 Å². The van der Waals surface area contributed by atoms with Gasteiger partial charge in [-0.15, -0.1) is 0 Å². The Balaban J connectivity index is 1.90. The summed E-state index contributed by atoms with van der Waals surface area (Å²) >= 11 is 0. The predicted molar refractivity (Wildman–Crippen MR) is 101 cm³/mol. The first-order valence-electron chi connectivity index (χ1n) is 8.65. The number of nitrogens with one attached hydrogen (secondary N) is 3. The van der Waals surface area contributed by atoms with E-state index in [1.807, 2.05) is 62.0 Å². The third-order valence-corrected chi connectivity index (χ3v) is 3.73. The lowest BCUT2D eigenvalue weighted by Crippen LogP contribution is -2.52. The average molecular weight is 357 g/mol. The van der Waals surface area contributed by atoms with Crippen molar-refractivity contribution < 1.29 is 9.59 Å². The fourth-order valence-electron chi connectivity index (χ4n) is 2.40. The normalized spacial score (nSPS) is 12.5. The number of benzene rings is 1. The summed E-state index contributed by atoms with van der Waals surface area (Å²) in [5, 5.41) is 12.5. The first-order chi connectivity index (χ1) is 12.2. The van der Waals surface area contributed by atoms with Gasteiger partial charge in [-0.25, -0.2) is 4.79 Å². The molecule has 0 spiro atoms. The zero-order valence-electron chi connectivity index (χ0n) is 15.7. The van der Waals surface area contributed by atoms with Gasteiger partial charge in [0.25, 0.3) is 0 Å². The van der Waals surface area contributed by atoms with Crippen LogP contribution in [0.15, 0.2) is 42.7 Å². The largest absolute Gasteiger partial charge is 0.333 e. The van der Waals surface area contributed by atoms with Crippen LogP contribution in [0, 0.1) is 0 Å². The Morgan fingerprint density at radius 1 is 1.15 bits per heavy atom. The Kier molecular flexibility index (Phi) is 6.52. The molecule has 7 nitrogen and oxygen atoms in total. The quantitative estimate of drug-likeness (QED) is 0.738. The van der Waals surface area contributed by atoms with Crippen LogP contribution < -0.4 is 16.0 Å². The van der Waals surface area contributed by atoms with E-state index in [0.717, 1.165) is 11.1 Å². The second-order valence-electron chi connectivity index (χ2n) is 7.27. The highest BCUT2D eigenvalue weighted by Gasteiger charge is 2.19. The Morgan fingerprint density at radius 2 is 1.85 bits per heavy atom. The van der Waals surface area contributed by atoms with E-state index in [4.69, 9.17) is 0 Å². The number of hydrogen-bond acceptors (Lipinski definition) is 4. The third kappa shape index (κ3) is 6.33. The smallest absolute Gasteiger partial charge is 0.321 e. The Labute approximate surface area is 154 Å². The zero-order chi connectivity index (χ0) is 19.2. The van der Waals surface area contributed by atoms with E-state index in [0.29, 0.717) is 13.1 Å². The number of carbonyl (C=O) groups excluding carboxylic acids is 2. The van der Waals surface area contributed by atoms with E-state index in [2.05, 4.69) is 21.0 Å². The van der Waals surface area contributed by atoms with E-state index < -0.39 is 17.6 Å². The lowest BCUT2D eigenvalue weighted by atomic mass is 10.1. The molecule has 0 bridgehead atoms. The van der Waals surface area contributed by atoms with Gasteiger partial charge in [0.2, 0.25) is 5.91 Å². The molecule has 1 aromatic heterocycles. The van der Waals surface area contributed by atoms with Crippen molar-refractivity contribution in [3.05, 3.63) is 53.9 Å². The molecule has 1 aromatic carbocycles. The minimum Gasteiger partial charge on any atom is -0.333 e. The maximum Gasteiger partial charge on any atom is 0.321 e. The highest BCUT2D eigenvalue weighted by molar-refractivity contribution is 5.97. The van der Waals surface area contributed by atoms with E-state index in [-0.39, 0.29) is 5.91 Å². The number of rotatable bonds is 6. The summed E-state index contributed by atoms with van der Waals surface area (Å²) in [7, 11) is 0. The summed E-state index contributed by atoms with van der Waals surface area (Å²) in [6.45, 7) is 8.49. The zero-order valence-corrected chi connectivity index (χ0v) is 15.7. The molecule has 0 saturated carbocycles. The van der Waals surface area contributed by atoms with Crippen molar-refractivity contribution in [2.24, 2.45) is 0 Å². The van der Waals surface area contributed by atoms with Gasteiger partial charge in [0.05, 0.1) is 12.6 Å². The second-order valence-corrected chi connectivity index (χ2v) is 7.27. The molecule has 3 N–H and O–H groups in total. The van der Waals surface area contributed by atoms with Crippen LogP contribution in [-0.2, 0) is 17.9 Å². The predicted octanol–water partition coefficient (Wildman–Crippen LogP) is 2.03. The molecule has 2 rings (SSSR count). The molecule has 3 amide bonds. The topological polar surface area (TPSA) is 88.1 Å². The van der Waals surface area contributed by atoms with Gasteiger partial charge in [0.15, 0.2) is 0 Å². The first kappa shape index (κ1) is 19.7. The van der Waals surface area contributed by atoms with Crippen LogP contribution in [0.25, 0.3) is 0 Å². The molecule has 0 aliphatic carbocycles. The van der Waals surface area contributed by atoms with Crippen LogP contribution in [0.2, 0.25) is 0 Å². The lowest BCUT2D eigenvalue weighted by Gasteiger charge is -2.21. The van der Waals surface area contributed by atoms with Gasteiger partial charge in [-0.3, -0.25) is 14.8 Å². The molecule has 1 heterocycles. The standard InChI is InChI=1S/C19H27N5O2/c1-14(17(25)22-18(26)23-19(2,3)4)20-12-15-8-5-6-9-16(15)13-24-11-7-10-21-24/h5-11,14,20H,12-13H2,1-4H3,(H2,22,23,25,26). The van der Waals surface area contributed by atoms with Crippen LogP contribution in [0.1, 0.15) is 38.8 Å². The maximum atomic E-state index is 12.2. The molecule has 26 heavy (non-hydrogen) atoms. The van der Waals surface area contributed by atoms with Gasteiger partial charge in [-0.1, -0.05) is 24.3 Å². The van der Waals surface area contributed by atoms with E-state index in [9.17, 15) is 9.59 Å². The van der Waals surface area contributed by atoms with Crippen molar-refractivity contribution in [1.29, 1.82) is 0 Å². The lowest BCUT2D eigenvalue weighted by molar-refractivity contribution is -0.121. The van der Waals surface area contributed by atoms with Crippen LogP contribution in [0.4, 0.5) is 4.79 Å². The summed E-state index contributed by atoms with van der Waals surface area (Å²) < 4.78 is 1.85. The Morgan fingerprint density at radius 3 is 2.46 bits per heavy atom. The number of amides is 3. The van der Waals surface area contributed by atoms with Crippen molar-refractivity contribution in [1.82, 2.24) is 25.7 Å². The molecule has 7 heteroatoms. The average Bonchev–Trinajstić information content (AvgIpc) is 3.04. The molecule has 2 aromatic rings. The molecular weight excluding hydrogens is 330 g/mol. The Bertz CT molecular complexity index is 735.